The molecule has 0 aliphatic rings. The molecule has 0 radical (unpaired) electrons. The smallest absolute Gasteiger partial charge is 0.870 e. The van der Waals surface area contributed by atoms with E-state index in [0.717, 1.165) is 0 Å². The molecule has 13 heavy (non-hydrogen) atoms. The van der Waals surface area contributed by atoms with Crippen LogP contribution in [0.4, 0.5) is 0 Å². The molecule has 96 valence electrons. The Kier molecular flexibility index (Phi) is 251000. The molecule has 12 nitrogen and oxygen atoms in total. The van der Waals surface area contributed by atoms with Crippen LogP contribution in [0.25, 0.3) is 0 Å². The molecule has 0 rings (SSSR count). The van der Waals surface area contributed by atoms with Gasteiger partial charge < -0.3 is 65.7 Å². The molecule has 22 N–H and O–H groups in total. The fourth-order valence-corrected chi connectivity index (χ4v) is 0. The van der Waals surface area contributed by atoms with Crippen LogP contribution in [-0.2, 0) is 0 Å². The van der Waals surface area contributed by atoms with Gasteiger partial charge in [-0.25, -0.2) is 0 Å². The van der Waals surface area contributed by atoms with Gasteiger partial charge in [-0.2, -0.15) is 0 Å². The van der Waals surface area contributed by atoms with Crippen molar-refractivity contribution in [2.24, 2.45) is 0 Å². The van der Waals surface area contributed by atoms with Crippen molar-refractivity contribution < 1.29 is 65.7 Å². The first-order valence-electron chi connectivity index (χ1n) is 0. The Labute approximate surface area is 114 Å². The largest absolute Gasteiger partial charge is 2.00 e. The molecule has 0 atom stereocenters. The Morgan fingerprint density at radius 1 is 0.231 bits per heavy atom. The van der Waals surface area contributed by atoms with Gasteiger partial charge in [0.25, 0.3) is 0 Å². The van der Waals surface area contributed by atoms with E-state index in [0.29, 0.717) is 0 Å². The van der Waals surface area contributed by atoms with Crippen molar-refractivity contribution in [3.63, 3.8) is 0 Å². The molecular formula is H22BaO12. The van der Waals surface area contributed by atoms with Crippen LogP contribution in [0.5, 0.6) is 0 Å². The van der Waals surface area contributed by atoms with Crippen LogP contribution in [0, 0.1) is 0 Å². The molecule has 0 spiro atoms. The fraction of sp³-hybridized carbons (Fsp3) is 0. The zero-order valence-corrected chi connectivity index (χ0v) is 11.0. The molecule has 0 fully saturated rings. The number of rotatable bonds is 0. The van der Waals surface area contributed by atoms with E-state index in [4.69, 9.17) is 0 Å². The van der Waals surface area contributed by atoms with E-state index in [2.05, 4.69) is 0 Å². The van der Waals surface area contributed by atoms with Crippen LogP contribution in [0.3, 0.4) is 0 Å². The van der Waals surface area contributed by atoms with E-state index >= 15 is 0 Å². The third kappa shape index (κ3) is 1350. The van der Waals surface area contributed by atoms with Crippen molar-refractivity contribution in [1.29, 1.82) is 0 Å². The third-order valence-corrected chi connectivity index (χ3v) is 0. The monoisotopic (exact) mass is 352 g/mol. The molecule has 0 aliphatic heterocycles. The van der Waals surface area contributed by atoms with Gasteiger partial charge in [0.2, 0.25) is 0 Å². The Bertz CT molecular complexity index is 5.09. The van der Waals surface area contributed by atoms with Gasteiger partial charge in [-0.05, 0) is 0 Å². The van der Waals surface area contributed by atoms with E-state index in [9.17, 15) is 0 Å². The zero-order chi connectivity index (χ0) is 0. The average molecular weight is 351 g/mol. The molecule has 0 saturated heterocycles. The second kappa shape index (κ2) is 1610. The van der Waals surface area contributed by atoms with Gasteiger partial charge in [-0.15, -0.1) is 0 Å². The average Bonchev–Trinajstić information content (AvgIpc) is 0. The maximum absolute atomic E-state index is 0. The minimum absolute atomic E-state index is 0. The second-order valence-electron chi connectivity index (χ2n) is 0. The summed E-state index contributed by atoms with van der Waals surface area (Å²) in [5.74, 6) is 0. The molecule has 0 amide bonds. The molecule has 0 unspecified atom stereocenters. The molecule has 0 aliphatic carbocycles. The van der Waals surface area contributed by atoms with Crippen molar-refractivity contribution in [1.82, 2.24) is 0 Å². The Morgan fingerprint density at radius 3 is 0.231 bits per heavy atom. The maximum atomic E-state index is 0. The van der Waals surface area contributed by atoms with Crippen molar-refractivity contribution >= 4 is 48.9 Å². The van der Waals surface area contributed by atoms with Gasteiger partial charge in [0, 0.05) is 0 Å². The van der Waals surface area contributed by atoms with Crippen molar-refractivity contribution in [3.8, 4) is 0 Å². The Balaban J connectivity index is 0. The van der Waals surface area contributed by atoms with Crippen LogP contribution in [-0.4, -0.2) is 115 Å². The summed E-state index contributed by atoms with van der Waals surface area (Å²) in [6.07, 6.45) is 0. The van der Waals surface area contributed by atoms with Gasteiger partial charge in [-0.3, -0.25) is 0 Å². The summed E-state index contributed by atoms with van der Waals surface area (Å²) in [7, 11) is 0. The second-order valence-corrected chi connectivity index (χ2v) is 0. The van der Waals surface area contributed by atoms with Crippen molar-refractivity contribution in [3.05, 3.63) is 0 Å². The summed E-state index contributed by atoms with van der Waals surface area (Å²) in [5, 5.41) is 0. The van der Waals surface area contributed by atoms with Crippen molar-refractivity contribution in [2.45, 2.75) is 0 Å². The van der Waals surface area contributed by atoms with Gasteiger partial charge in [0.05, 0.1) is 0 Å². The van der Waals surface area contributed by atoms with Crippen molar-refractivity contribution in [2.75, 3.05) is 0 Å². The summed E-state index contributed by atoms with van der Waals surface area (Å²) >= 11 is 0. The third-order valence-electron chi connectivity index (χ3n) is 0. The van der Waals surface area contributed by atoms with E-state index in [1.165, 1.54) is 0 Å². The first-order chi connectivity index (χ1) is 0. The molecule has 0 bridgehead atoms. The summed E-state index contributed by atoms with van der Waals surface area (Å²) in [4.78, 5) is 0. The van der Waals surface area contributed by atoms with E-state index in [-0.39, 0.29) is 115 Å². The van der Waals surface area contributed by atoms with Crippen LogP contribution >= 0.6 is 0 Å². The van der Waals surface area contributed by atoms with Gasteiger partial charge in [0.1, 0.15) is 0 Å². The molecule has 13 heteroatoms. The standard InChI is InChI=1S/Ba.12H2O/h;12*1H2/q+2;;;;;;;;;;;;/p-2. The predicted octanol–water partition coefficient (Wildman–Crippen LogP) is -8.98. The summed E-state index contributed by atoms with van der Waals surface area (Å²) in [5.41, 5.74) is 0. The normalized spacial score (nSPS) is 0. The Morgan fingerprint density at radius 2 is 0.231 bits per heavy atom. The number of hydrogen-bond donors (Lipinski definition) is 0. The van der Waals surface area contributed by atoms with E-state index in [1.807, 2.05) is 0 Å². The molecule has 0 aromatic rings. The van der Waals surface area contributed by atoms with Gasteiger partial charge in [0.15, 0.2) is 0 Å². The van der Waals surface area contributed by atoms with Crippen LogP contribution in [0.15, 0.2) is 0 Å². The minimum atomic E-state index is 0. The van der Waals surface area contributed by atoms with Crippen LogP contribution < -0.4 is 0 Å². The maximum Gasteiger partial charge on any atom is 2.00 e. The quantitative estimate of drug-likeness (QED) is 0.383. The Hall–Kier alpha value is 1.09. The fourth-order valence-electron chi connectivity index (χ4n) is 0. The number of hydrogen-bond acceptors (Lipinski definition) is 2. The molecule has 0 aromatic carbocycles. The minimum Gasteiger partial charge on any atom is -0.870 e. The van der Waals surface area contributed by atoms with E-state index < -0.39 is 0 Å². The molecule has 0 heterocycles. The first kappa shape index (κ1) is 2030. The zero-order valence-electron chi connectivity index (χ0n) is 6.60. The summed E-state index contributed by atoms with van der Waals surface area (Å²) in [6.45, 7) is 0. The molecular weight excluding hydrogens is 329 g/mol. The summed E-state index contributed by atoms with van der Waals surface area (Å²) in [6, 6.07) is 0. The molecule has 0 aromatic heterocycles. The van der Waals surface area contributed by atoms with Crippen LogP contribution in [0.1, 0.15) is 0 Å². The first-order valence-corrected chi connectivity index (χ1v) is 0. The van der Waals surface area contributed by atoms with Crippen LogP contribution in [0.2, 0.25) is 0 Å². The summed E-state index contributed by atoms with van der Waals surface area (Å²) < 4.78 is 0. The van der Waals surface area contributed by atoms with E-state index in [1.54, 1.807) is 0 Å². The van der Waals surface area contributed by atoms with Gasteiger partial charge >= 0.3 is 48.9 Å². The van der Waals surface area contributed by atoms with Gasteiger partial charge in [-0.1, -0.05) is 0 Å². The SMILES string of the molecule is O.O.O.O.O.O.O.O.O.O.[Ba+2].[OH-].[OH-]. The predicted molar refractivity (Wildman–Crippen MR) is 45.8 cm³/mol. The molecule has 0 saturated carbocycles. The topological polar surface area (TPSA) is 375 Å².